The summed E-state index contributed by atoms with van der Waals surface area (Å²) in [6.45, 7) is 2.13. The van der Waals surface area contributed by atoms with Gasteiger partial charge in [-0.2, -0.15) is 0 Å². The number of nitrogens with one attached hydrogen (secondary N) is 1. The van der Waals surface area contributed by atoms with E-state index in [2.05, 4.69) is 5.32 Å². The van der Waals surface area contributed by atoms with Gasteiger partial charge in [-0.3, -0.25) is 13.9 Å². The molecule has 10 heteroatoms. The number of hydrogen-bond donors (Lipinski definition) is 1. The number of sulfonamides is 1. The molecule has 1 aliphatic rings. The minimum Gasteiger partial charge on any atom is -0.495 e. The third kappa shape index (κ3) is 8.10. The van der Waals surface area contributed by atoms with Crippen LogP contribution >= 0.6 is 11.6 Å². The fourth-order valence-electron chi connectivity index (χ4n) is 4.57. The molecule has 1 atom stereocenters. The van der Waals surface area contributed by atoms with E-state index in [-0.39, 0.29) is 37.2 Å². The van der Waals surface area contributed by atoms with Crippen LogP contribution in [0, 0.1) is 0 Å². The lowest BCUT2D eigenvalue weighted by Gasteiger charge is -2.30. The molecule has 3 rings (SSSR count). The van der Waals surface area contributed by atoms with Crippen molar-refractivity contribution in [3.05, 3.63) is 59.1 Å². The molecular weight excluding hydrogens is 514 g/mol. The van der Waals surface area contributed by atoms with E-state index < -0.39 is 16.1 Å². The summed E-state index contributed by atoms with van der Waals surface area (Å²) in [5.74, 6) is 0.0661. The lowest BCUT2D eigenvalue weighted by molar-refractivity contribution is -0.141. The number of nitrogens with zero attached hydrogens (tertiary/aromatic N) is 2. The van der Waals surface area contributed by atoms with Crippen molar-refractivity contribution in [3.63, 3.8) is 0 Å². The van der Waals surface area contributed by atoms with E-state index in [1.807, 2.05) is 30.3 Å². The van der Waals surface area contributed by atoms with Crippen LogP contribution in [-0.4, -0.2) is 57.1 Å². The summed E-state index contributed by atoms with van der Waals surface area (Å²) in [6.07, 6.45) is 5.60. The van der Waals surface area contributed by atoms with E-state index >= 15 is 0 Å². The monoisotopic (exact) mass is 549 g/mol. The van der Waals surface area contributed by atoms with Gasteiger partial charge in [-0.1, -0.05) is 54.8 Å². The Labute approximate surface area is 225 Å². The Bertz CT molecular complexity index is 1170. The number of rotatable bonds is 12. The zero-order valence-corrected chi connectivity index (χ0v) is 23.2. The number of halogens is 1. The van der Waals surface area contributed by atoms with Gasteiger partial charge in [-0.15, -0.1) is 0 Å². The molecule has 1 aliphatic carbocycles. The van der Waals surface area contributed by atoms with Gasteiger partial charge in [0.05, 0.1) is 24.1 Å². The quantitative estimate of drug-likeness (QED) is 0.424. The third-order valence-corrected chi connectivity index (χ3v) is 8.13. The zero-order chi connectivity index (χ0) is 27.0. The number of ether oxygens (including phenoxy) is 1. The molecule has 0 aromatic heterocycles. The molecule has 1 saturated carbocycles. The fourth-order valence-corrected chi connectivity index (χ4v) is 5.78. The Hall–Kier alpha value is -2.78. The minimum absolute atomic E-state index is 0.0871. The molecule has 0 saturated heterocycles. The molecule has 2 amide bonds. The zero-order valence-electron chi connectivity index (χ0n) is 21.7. The number of methoxy groups -OCH3 is 1. The first-order valence-electron chi connectivity index (χ1n) is 12.5. The lowest BCUT2D eigenvalue weighted by atomic mass is 10.1. The number of amides is 2. The molecule has 1 N–H and O–H groups in total. The van der Waals surface area contributed by atoms with Crippen LogP contribution in [-0.2, 0) is 26.2 Å². The van der Waals surface area contributed by atoms with Crippen molar-refractivity contribution in [1.29, 1.82) is 0 Å². The van der Waals surface area contributed by atoms with E-state index in [4.69, 9.17) is 16.3 Å². The summed E-state index contributed by atoms with van der Waals surface area (Å²) in [5, 5.41) is 3.38. The van der Waals surface area contributed by atoms with Gasteiger partial charge >= 0.3 is 0 Å². The first-order chi connectivity index (χ1) is 17.6. The van der Waals surface area contributed by atoms with Gasteiger partial charge in [0.1, 0.15) is 11.8 Å². The summed E-state index contributed by atoms with van der Waals surface area (Å²) in [5.41, 5.74) is 1.31. The number of hydrogen-bond acceptors (Lipinski definition) is 5. The first kappa shape index (κ1) is 28.8. The molecule has 2 aromatic rings. The largest absolute Gasteiger partial charge is 0.495 e. The highest BCUT2D eigenvalue weighted by atomic mass is 35.5. The Morgan fingerprint density at radius 1 is 1.14 bits per heavy atom. The van der Waals surface area contributed by atoms with Crippen LogP contribution < -0.4 is 14.4 Å². The van der Waals surface area contributed by atoms with Crippen LogP contribution in [0.25, 0.3) is 0 Å². The van der Waals surface area contributed by atoms with Crippen molar-refractivity contribution in [1.82, 2.24) is 10.2 Å². The second kappa shape index (κ2) is 13.1. The average Bonchev–Trinajstić information content (AvgIpc) is 3.37. The molecular formula is C27H36ClN3O5S. The Morgan fingerprint density at radius 2 is 1.81 bits per heavy atom. The van der Waals surface area contributed by atoms with E-state index in [1.54, 1.807) is 24.0 Å². The molecule has 0 unspecified atom stereocenters. The van der Waals surface area contributed by atoms with Gasteiger partial charge in [0.15, 0.2) is 0 Å². The van der Waals surface area contributed by atoms with Gasteiger partial charge in [0.25, 0.3) is 0 Å². The van der Waals surface area contributed by atoms with Crippen molar-refractivity contribution < 1.29 is 22.7 Å². The maximum Gasteiger partial charge on any atom is 0.242 e. The van der Waals surface area contributed by atoms with Gasteiger partial charge in [-0.25, -0.2) is 8.42 Å². The predicted octanol–water partition coefficient (Wildman–Crippen LogP) is 4.37. The SMILES string of the molecule is COc1ccc(N(CCCC(=O)N(Cc2ccccc2)[C@H](C)C(=O)NC2CCCC2)S(C)(=O)=O)cc1Cl. The van der Waals surface area contributed by atoms with E-state index in [0.717, 1.165) is 37.5 Å². The second-order valence-electron chi connectivity index (χ2n) is 9.43. The first-order valence-corrected chi connectivity index (χ1v) is 14.8. The van der Waals surface area contributed by atoms with Gasteiger partial charge in [0, 0.05) is 25.6 Å². The highest BCUT2D eigenvalue weighted by Gasteiger charge is 2.28. The maximum atomic E-state index is 13.4. The molecule has 0 spiro atoms. The second-order valence-corrected chi connectivity index (χ2v) is 11.7. The highest BCUT2D eigenvalue weighted by molar-refractivity contribution is 7.92. The van der Waals surface area contributed by atoms with Crippen LogP contribution in [0.3, 0.4) is 0 Å². The molecule has 1 fully saturated rings. The molecule has 8 nitrogen and oxygen atoms in total. The molecule has 0 bridgehead atoms. The van der Waals surface area contributed by atoms with Crippen molar-refractivity contribution >= 4 is 39.1 Å². The van der Waals surface area contributed by atoms with Crippen molar-refractivity contribution in [2.24, 2.45) is 0 Å². The molecule has 2 aromatic carbocycles. The Kier molecular flexibility index (Phi) is 10.2. The summed E-state index contributed by atoms with van der Waals surface area (Å²) in [6, 6.07) is 13.8. The molecule has 202 valence electrons. The number of anilines is 1. The lowest BCUT2D eigenvalue weighted by Crippen LogP contribution is -2.49. The summed E-state index contributed by atoms with van der Waals surface area (Å²) >= 11 is 6.21. The topological polar surface area (TPSA) is 96.0 Å². The van der Waals surface area contributed by atoms with E-state index in [9.17, 15) is 18.0 Å². The van der Waals surface area contributed by atoms with E-state index in [0.29, 0.717) is 23.0 Å². The standard InChI is InChI=1S/C27H36ClN3O5S/c1-20(27(33)29-22-12-7-8-13-22)30(19-21-10-5-4-6-11-21)26(32)14-9-17-31(37(3,34)35)23-15-16-25(36-2)24(28)18-23/h4-6,10-11,15-16,18,20,22H,7-9,12-14,17,19H2,1-3H3,(H,29,33)/t20-/m1/s1. The number of carbonyl (C=O) groups excluding carboxylic acids is 2. The molecule has 0 radical (unpaired) electrons. The van der Waals surface area contributed by atoms with Crippen molar-refractivity contribution in [2.75, 3.05) is 24.2 Å². The Morgan fingerprint density at radius 3 is 2.41 bits per heavy atom. The van der Waals surface area contributed by atoms with Crippen molar-refractivity contribution in [3.8, 4) is 5.75 Å². The summed E-state index contributed by atoms with van der Waals surface area (Å²) < 4.78 is 31.4. The van der Waals surface area contributed by atoms with E-state index in [1.165, 1.54) is 17.5 Å². The van der Waals surface area contributed by atoms with Crippen LogP contribution in [0.4, 0.5) is 5.69 Å². The third-order valence-electron chi connectivity index (χ3n) is 6.64. The number of benzene rings is 2. The van der Waals surface area contributed by atoms with Crippen LogP contribution in [0.1, 0.15) is 51.0 Å². The molecule has 0 heterocycles. The van der Waals surface area contributed by atoms with Crippen LogP contribution in [0.5, 0.6) is 5.75 Å². The molecule has 0 aliphatic heterocycles. The van der Waals surface area contributed by atoms with Gasteiger partial charge < -0.3 is 15.0 Å². The van der Waals surface area contributed by atoms with Crippen LogP contribution in [0.2, 0.25) is 5.02 Å². The van der Waals surface area contributed by atoms with Gasteiger partial charge in [0.2, 0.25) is 21.8 Å². The normalized spacial score (nSPS) is 14.7. The van der Waals surface area contributed by atoms with Crippen molar-refractivity contribution in [2.45, 2.75) is 64.1 Å². The summed E-state index contributed by atoms with van der Waals surface area (Å²) in [7, 11) is -2.14. The maximum absolute atomic E-state index is 13.4. The smallest absolute Gasteiger partial charge is 0.242 e. The fraction of sp³-hybridized carbons (Fsp3) is 0.481. The average molecular weight is 550 g/mol. The minimum atomic E-state index is -3.62. The Balaban J connectivity index is 1.71. The highest BCUT2D eigenvalue weighted by Crippen LogP contribution is 2.30. The van der Waals surface area contributed by atoms with Crippen LogP contribution in [0.15, 0.2) is 48.5 Å². The predicted molar refractivity (Wildman–Crippen MR) is 146 cm³/mol. The van der Waals surface area contributed by atoms with Gasteiger partial charge in [-0.05, 0) is 49.9 Å². The molecule has 37 heavy (non-hydrogen) atoms. The number of carbonyl (C=O) groups is 2. The summed E-state index contributed by atoms with van der Waals surface area (Å²) in [4.78, 5) is 28.0.